The molecule has 1 saturated heterocycles. The Balaban J connectivity index is 0.000000157. The van der Waals surface area contributed by atoms with E-state index < -0.39 is 38.1 Å². The van der Waals surface area contributed by atoms with Crippen LogP contribution in [0.3, 0.4) is 0 Å². The number of fused-ring (bicyclic) bond motifs is 2. The first-order valence-electron chi connectivity index (χ1n) is 24.5. The number of aromatic nitrogens is 6. The van der Waals surface area contributed by atoms with Crippen molar-refractivity contribution in [3.8, 4) is 45.1 Å². The number of nitrogens with zero attached hydrogens (tertiary/aromatic N) is 8. The lowest BCUT2D eigenvalue weighted by atomic mass is 9.95. The zero-order valence-electron chi connectivity index (χ0n) is 42.6. The van der Waals surface area contributed by atoms with Gasteiger partial charge >= 0.3 is 26.5 Å². The van der Waals surface area contributed by atoms with Crippen LogP contribution in [0.25, 0.3) is 33.6 Å². The van der Waals surface area contributed by atoms with E-state index in [4.69, 9.17) is 32.7 Å². The number of rotatable bonds is 12. The third-order valence-corrected chi connectivity index (χ3v) is 16.1. The Morgan fingerprint density at radius 3 is 1.57 bits per heavy atom. The molecular weight excluding hydrogens is 1120 g/mol. The number of carbonyl (C=O) groups is 1. The fourth-order valence-corrected chi connectivity index (χ4v) is 11.8. The van der Waals surface area contributed by atoms with Crippen LogP contribution in [0.15, 0.2) is 143 Å². The number of amides is 1. The van der Waals surface area contributed by atoms with Crippen LogP contribution in [0.4, 0.5) is 25.2 Å². The number of pyridine rings is 2. The second-order valence-electron chi connectivity index (χ2n) is 18.0. The van der Waals surface area contributed by atoms with Gasteiger partial charge in [0.2, 0.25) is 0 Å². The van der Waals surface area contributed by atoms with Gasteiger partial charge in [-0.15, -0.1) is 10.2 Å². The molecule has 0 spiro atoms. The van der Waals surface area contributed by atoms with E-state index in [0.717, 1.165) is 36.9 Å². The molecule has 80 heavy (non-hydrogen) atoms. The summed E-state index contributed by atoms with van der Waals surface area (Å²) in [6.07, 6.45) is 6.31. The van der Waals surface area contributed by atoms with Crippen molar-refractivity contribution < 1.29 is 44.6 Å². The van der Waals surface area contributed by atoms with Crippen molar-refractivity contribution in [1.82, 2.24) is 38.1 Å². The molecule has 414 valence electrons. The first-order valence-corrected chi connectivity index (χ1v) is 28.1. The summed E-state index contributed by atoms with van der Waals surface area (Å²) in [4.78, 5) is 36.7. The van der Waals surface area contributed by atoms with Crippen molar-refractivity contribution in [3.05, 3.63) is 199 Å². The molecule has 1 fully saturated rings. The molecule has 26 heteroatoms. The summed E-state index contributed by atoms with van der Waals surface area (Å²) >= 11 is 12.0. The number of carbonyl (C=O) groups excluding carboxylic acids is 1. The number of hydrogen-bond acceptors (Lipinski definition) is 14. The average molecular weight is 1170 g/mol. The molecule has 0 bridgehead atoms. The minimum atomic E-state index is -3.96. The zero-order valence-corrected chi connectivity index (χ0v) is 45.7. The van der Waals surface area contributed by atoms with E-state index in [-0.39, 0.29) is 60.4 Å². The molecule has 1 amide bonds. The number of halogens is 4. The summed E-state index contributed by atoms with van der Waals surface area (Å²) < 4.78 is 102. The van der Waals surface area contributed by atoms with Gasteiger partial charge in [0.15, 0.2) is 11.6 Å². The van der Waals surface area contributed by atoms with Crippen molar-refractivity contribution in [2.45, 2.75) is 38.6 Å². The minimum Gasteiger partial charge on any atom is -0.495 e. The largest absolute Gasteiger partial charge is 0.495 e. The summed E-state index contributed by atoms with van der Waals surface area (Å²) in [6.45, 7) is 0.260. The van der Waals surface area contributed by atoms with Crippen molar-refractivity contribution in [2.75, 3.05) is 43.4 Å². The molecule has 3 aliphatic rings. The van der Waals surface area contributed by atoms with Crippen LogP contribution in [0.2, 0.25) is 10.0 Å². The second kappa shape index (κ2) is 24.4. The van der Waals surface area contributed by atoms with E-state index in [0.29, 0.717) is 60.1 Å². The lowest BCUT2D eigenvalue weighted by molar-refractivity contribution is 0.170. The normalized spacial score (nSPS) is 14.0. The smallest absolute Gasteiger partial charge is 0.425 e. The van der Waals surface area contributed by atoms with Gasteiger partial charge in [-0.2, -0.15) is 35.6 Å². The van der Waals surface area contributed by atoms with E-state index in [1.807, 2.05) is 24.3 Å². The Hall–Kier alpha value is -8.29. The molecule has 4 aromatic heterocycles. The SMILES string of the molecule is COc1cc(-c2cc(F)cc(Cl)c2)ccc1-n1c2c(ccc1=O)CCCC2.COc1cc(-c2cc(F)cc(Cl)c2)ccc1-n1c2c(ccc1=O)CN(S(=O)(=O)Nc1cccnn1)CC2.O=C1OCCN1S(=O)(=O)Nc1cccnn1. The Morgan fingerprint density at radius 2 is 1.09 bits per heavy atom. The molecule has 11 rings (SSSR count). The first kappa shape index (κ1) is 56.4. The summed E-state index contributed by atoms with van der Waals surface area (Å²) in [5.41, 5.74) is 7.11. The summed E-state index contributed by atoms with van der Waals surface area (Å²) in [5.74, 6) is 0.257. The Bertz CT molecular complexity index is 3940. The fraction of sp³-hybridized carbons (Fsp3) is 0.204. The molecule has 0 saturated carbocycles. The fourth-order valence-electron chi connectivity index (χ4n) is 9.21. The van der Waals surface area contributed by atoms with E-state index >= 15 is 0 Å². The van der Waals surface area contributed by atoms with Gasteiger partial charge in [-0.3, -0.25) is 23.4 Å². The molecule has 0 unspecified atom stereocenters. The average Bonchev–Trinajstić information content (AvgIpc) is 3.91. The van der Waals surface area contributed by atoms with Crippen molar-refractivity contribution in [2.24, 2.45) is 0 Å². The highest BCUT2D eigenvalue weighted by molar-refractivity contribution is 7.91. The quantitative estimate of drug-likeness (QED) is 0.117. The summed E-state index contributed by atoms with van der Waals surface area (Å²) in [7, 11) is -4.80. The molecule has 2 aliphatic heterocycles. The van der Waals surface area contributed by atoms with Gasteiger partial charge in [0.1, 0.15) is 29.7 Å². The number of hydrogen-bond donors (Lipinski definition) is 2. The third kappa shape index (κ3) is 12.9. The molecular formula is C54H48Cl2F2N10O10S2. The number of ether oxygens (including phenoxy) is 3. The number of methoxy groups -OCH3 is 2. The molecule has 0 radical (unpaired) electrons. The van der Waals surface area contributed by atoms with Crippen LogP contribution >= 0.6 is 23.2 Å². The Morgan fingerprint density at radius 1 is 0.575 bits per heavy atom. The molecule has 20 nitrogen and oxygen atoms in total. The predicted molar refractivity (Wildman–Crippen MR) is 296 cm³/mol. The topological polar surface area (TPSA) is 239 Å². The van der Waals surface area contributed by atoms with Gasteiger partial charge in [-0.25, -0.2) is 18.3 Å². The van der Waals surface area contributed by atoms with Crippen LogP contribution in [0.5, 0.6) is 11.5 Å². The van der Waals surface area contributed by atoms with Crippen molar-refractivity contribution >= 4 is 61.3 Å². The molecule has 8 aromatic rings. The lowest BCUT2D eigenvalue weighted by Gasteiger charge is -2.30. The molecule has 0 atom stereocenters. The van der Waals surface area contributed by atoms with Crippen LogP contribution in [-0.4, -0.2) is 95.0 Å². The number of cyclic esters (lactones) is 1. The van der Waals surface area contributed by atoms with E-state index in [9.17, 15) is 40.0 Å². The van der Waals surface area contributed by atoms with Crippen LogP contribution in [0.1, 0.15) is 35.4 Å². The maximum atomic E-state index is 13.9. The lowest BCUT2D eigenvalue weighted by Crippen LogP contribution is -2.41. The highest BCUT2D eigenvalue weighted by atomic mass is 35.5. The third-order valence-electron chi connectivity index (χ3n) is 12.8. The Kier molecular flexibility index (Phi) is 17.2. The summed E-state index contributed by atoms with van der Waals surface area (Å²) in [5, 5.41) is 15.1. The summed E-state index contributed by atoms with van der Waals surface area (Å²) in [6, 6.07) is 31.9. The van der Waals surface area contributed by atoms with Crippen molar-refractivity contribution in [3.63, 3.8) is 0 Å². The van der Waals surface area contributed by atoms with Gasteiger partial charge in [0, 0.05) is 65.5 Å². The molecule has 6 heterocycles. The zero-order chi connectivity index (χ0) is 56.7. The van der Waals surface area contributed by atoms with E-state index in [2.05, 4.69) is 34.6 Å². The number of aryl methyl sites for hydroxylation is 1. The van der Waals surface area contributed by atoms with Gasteiger partial charge in [0.05, 0.1) is 32.1 Å². The molecule has 1 aliphatic carbocycles. The first-order chi connectivity index (χ1) is 38.4. The monoisotopic (exact) mass is 1170 g/mol. The molecule has 2 N–H and O–H groups in total. The number of nitrogens with one attached hydrogen (secondary N) is 2. The highest BCUT2D eigenvalue weighted by Crippen LogP contribution is 2.35. The maximum absolute atomic E-state index is 13.9. The van der Waals surface area contributed by atoms with Gasteiger partial charge in [0.25, 0.3) is 11.1 Å². The standard InChI is InChI=1S/C25H21ClFN5O4S.C22H19ClFNO2.C7H8N4O4S/c1-36-23-13-16(18-11-19(26)14-20(27)12-18)4-6-22(23)32-21-8-10-31(15-17(21)5-7-25(32)33)37(34,35)30-24-3-2-9-28-29-24;1-27-21-12-15(16-10-17(23)13-18(24)11-16)6-8-20(21)25-19-5-3-2-4-14(19)7-9-22(25)26;12-7-11(4-5-15-7)16(13,14)10-6-2-1-3-8-9-6/h2-7,9,11-14H,8,10,15H2,1H3,(H,29,30);6-13H,2-5H2,1H3;1-3H,4-5H2,(H,9,10). The molecule has 4 aromatic carbocycles. The van der Waals surface area contributed by atoms with Gasteiger partial charge in [-0.1, -0.05) is 47.5 Å². The number of benzene rings is 4. The number of anilines is 2. The van der Waals surface area contributed by atoms with Crippen LogP contribution in [-0.2, 0) is 51.0 Å². The predicted octanol–water partition coefficient (Wildman–Crippen LogP) is 8.58. The second-order valence-corrected chi connectivity index (χ2v) is 22.1. The highest BCUT2D eigenvalue weighted by Gasteiger charge is 2.34. The van der Waals surface area contributed by atoms with E-state index in [1.54, 1.807) is 60.2 Å². The maximum Gasteiger partial charge on any atom is 0.425 e. The Labute approximate surface area is 467 Å². The van der Waals surface area contributed by atoms with Crippen LogP contribution < -0.4 is 30.0 Å². The van der Waals surface area contributed by atoms with Gasteiger partial charge < -0.3 is 14.2 Å². The van der Waals surface area contributed by atoms with Gasteiger partial charge in [-0.05, 0) is 144 Å². The van der Waals surface area contributed by atoms with Crippen molar-refractivity contribution in [1.29, 1.82) is 0 Å². The van der Waals surface area contributed by atoms with Crippen LogP contribution in [0, 0.1) is 11.6 Å². The minimum absolute atomic E-state index is 0.00553. The van der Waals surface area contributed by atoms with E-state index in [1.165, 1.54) is 82.5 Å².